The number of hydrogen-bond donors (Lipinski definition) is 0. The van der Waals surface area contributed by atoms with E-state index in [1.54, 1.807) is 0 Å². The van der Waals surface area contributed by atoms with Crippen LogP contribution in [0, 0.1) is 0 Å². The fourth-order valence-corrected chi connectivity index (χ4v) is 7.83. The summed E-state index contributed by atoms with van der Waals surface area (Å²) in [4.78, 5) is 38.1. The summed E-state index contributed by atoms with van der Waals surface area (Å²) in [5.74, 6) is -0.913. The highest BCUT2D eigenvalue weighted by molar-refractivity contribution is 5.71. The first kappa shape index (κ1) is 63.8. The molecule has 0 aromatic heterocycles. The van der Waals surface area contributed by atoms with Crippen LogP contribution in [-0.4, -0.2) is 37.2 Å². The topological polar surface area (TPSA) is 78.9 Å². The Balaban J connectivity index is 4.35. The molecule has 67 heavy (non-hydrogen) atoms. The van der Waals surface area contributed by atoms with E-state index in [4.69, 9.17) is 14.2 Å². The van der Waals surface area contributed by atoms with Crippen molar-refractivity contribution in [2.24, 2.45) is 0 Å². The number of ether oxygens (including phenoxy) is 3. The van der Waals surface area contributed by atoms with Crippen molar-refractivity contribution >= 4 is 17.9 Å². The Morgan fingerprint density at radius 2 is 0.567 bits per heavy atom. The van der Waals surface area contributed by atoms with E-state index in [0.717, 1.165) is 103 Å². The second kappa shape index (κ2) is 55.4. The van der Waals surface area contributed by atoms with Gasteiger partial charge in [0.25, 0.3) is 0 Å². The molecule has 0 bridgehead atoms. The fraction of sp³-hybridized carbons (Fsp3) is 0.754. The van der Waals surface area contributed by atoms with Crippen LogP contribution in [0.15, 0.2) is 72.9 Å². The lowest BCUT2D eigenvalue weighted by atomic mass is 10.1. The van der Waals surface area contributed by atoms with Gasteiger partial charge in [-0.1, -0.05) is 222 Å². The van der Waals surface area contributed by atoms with Crippen LogP contribution in [0.1, 0.15) is 278 Å². The molecule has 0 saturated heterocycles. The van der Waals surface area contributed by atoms with E-state index in [1.165, 1.54) is 135 Å². The van der Waals surface area contributed by atoms with Gasteiger partial charge in [-0.3, -0.25) is 14.4 Å². The molecule has 0 saturated carbocycles. The zero-order chi connectivity index (χ0) is 48.6. The van der Waals surface area contributed by atoms with Crippen molar-refractivity contribution < 1.29 is 28.6 Å². The summed E-state index contributed by atoms with van der Waals surface area (Å²) in [6.45, 7) is 6.54. The third-order valence-corrected chi connectivity index (χ3v) is 12.1. The minimum absolute atomic E-state index is 0.0875. The molecule has 0 aliphatic rings. The highest BCUT2D eigenvalue weighted by Crippen LogP contribution is 2.14. The van der Waals surface area contributed by atoms with Gasteiger partial charge in [-0.25, -0.2) is 0 Å². The summed E-state index contributed by atoms with van der Waals surface area (Å²) >= 11 is 0. The van der Waals surface area contributed by atoms with Crippen LogP contribution < -0.4 is 0 Å². The van der Waals surface area contributed by atoms with Crippen LogP contribution in [-0.2, 0) is 28.6 Å². The SMILES string of the molecule is CCC/C=C\CCCCCCCC(=O)OCC(COC(=O)CCCCCCCC/C=C\C/C=C\C/C=C\CCCCCCC)OC(=O)CCCCCCCCC/C=C\C/C=C\CCCCCC. The van der Waals surface area contributed by atoms with E-state index in [1.807, 2.05) is 0 Å². The van der Waals surface area contributed by atoms with Crippen molar-refractivity contribution in [3.05, 3.63) is 72.9 Å². The molecule has 0 N–H and O–H groups in total. The van der Waals surface area contributed by atoms with Crippen molar-refractivity contribution in [2.75, 3.05) is 13.2 Å². The van der Waals surface area contributed by atoms with Crippen LogP contribution in [0.25, 0.3) is 0 Å². The van der Waals surface area contributed by atoms with Gasteiger partial charge in [0.05, 0.1) is 0 Å². The Kier molecular flexibility index (Phi) is 52.8. The highest BCUT2D eigenvalue weighted by atomic mass is 16.6. The van der Waals surface area contributed by atoms with Gasteiger partial charge in [-0.15, -0.1) is 0 Å². The van der Waals surface area contributed by atoms with Crippen LogP contribution in [0.2, 0.25) is 0 Å². The quantitative estimate of drug-likeness (QED) is 0.0262. The number of carbonyl (C=O) groups excluding carboxylic acids is 3. The first-order valence-corrected chi connectivity index (χ1v) is 28.4. The van der Waals surface area contributed by atoms with E-state index >= 15 is 0 Å². The maximum absolute atomic E-state index is 12.8. The van der Waals surface area contributed by atoms with Gasteiger partial charge < -0.3 is 14.2 Å². The highest BCUT2D eigenvalue weighted by Gasteiger charge is 2.19. The van der Waals surface area contributed by atoms with Gasteiger partial charge in [-0.05, 0) is 109 Å². The lowest BCUT2D eigenvalue weighted by molar-refractivity contribution is -0.167. The second-order valence-electron chi connectivity index (χ2n) is 18.8. The van der Waals surface area contributed by atoms with Gasteiger partial charge >= 0.3 is 17.9 Å². The standard InChI is InChI=1S/C61H106O6/c1-4-7-10-13-16-19-22-24-26-28-30-31-32-34-35-37-39-42-45-48-51-54-60(63)66-57-58(56-65-59(62)53-50-47-44-41-21-18-15-12-9-6-3)67-61(64)55-52-49-46-43-40-38-36-33-29-27-25-23-20-17-14-11-8-5-2/h12,15,20,22-24,27-30,32,34,58H,4-11,13-14,16-19,21,25-26,31,33,35-57H2,1-3H3/b15-12-,23-20-,24-22-,29-27-,30-28-,34-32-. The van der Waals surface area contributed by atoms with Crippen molar-refractivity contribution in [3.63, 3.8) is 0 Å². The number of hydrogen-bond acceptors (Lipinski definition) is 6. The predicted octanol–water partition coefficient (Wildman–Crippen LogP) is 19.0. The molecule has 0 spiro atoms. The molecule has 0 rings (SSSR count). The zero-order valence-electron chi connectivity index (χ0n) is 44.2. The summed E-state index contributed by atoms with van der Waals surface area (Å²) in [6.07, 6.45) is 70.3. The molecule has 0 radical (unpaired) electrons. The normalized spacial score (nSPS) is 12.6. The van der Waals surface area contributed by atoms with Gasteiger partial charge in [0.15, 0.2) is 6.10 Å². The van der Waals surface area contributed by atoms with E-state index in [-0.39, 0.29) is 31.1 Å². The molecule has 0 amide bonds. The zero-order valence-corrected chi connectivity index (χ0v) is 44.2. The average Bonchev–Trinajstić information content (AvgIpc) is 3.33. The van der Waals surface area contributed by atoms with Crippen LogP contribution in [0.3, 0.4) is 0 Å². The van der Waals surface area contributed by atoms with E-state index in [0.29, 0.717) is 19.3 Å². The van der Waals surface area contributed by atoms with Gasteiger partial charge in [0.2, 0.25) is 0 Å². The minimum Gasteiger partial charge on any atom is -0.462 e. The monoisotopic (exact) mass is 935 g/mol. The predicted molar refractivity (Wildman–Crippen MR) is 288 cm³/mol. The molecule has 6 heteroatoms. The third kappa shape index (κ3) is 53.7. The molecule has 0 aliphatic carbocycles. The molecule has 0 aromatic rings. The Morgan fingerprint density at radius 3 is 0.925 bits per heavy atom. The molecule has 0 aliphatic heterocycles. The molecule has 1 atom stereocenters. The maximum atomic E-state index is 12.8. The molecule has 0 aromatic carbocycles. The van der Waals surface area contributed by atoms with Gasteiger partial charge in [-0.2, -0.15) is 0 Å². The lowest BCUT2D eigenvalue weighted by Gasteiger charge is -2.18. The molecule has 386 valence electrons. The molecular formula is C61H106O6. The first-order chi connectivity index (χ1) is 33.0. The van der Waals surface area contributed by atoms with Crippen LogP contribution in [0.4, 0.5) is 0 Å². The summed E-state index contributed by atoms with van der Waals surface area (Å²) in [6, 6.07) is 0. The summed E-state index contributed by atoms with van der Waals surface area (Å²) in [5, 5.41) is 0. The Bertz CT molecular complexity index is 1260. The first-order valence-electron chi connectivity index (χ1n) is 28.4. The molecule has 0 heterocycles. The minimum atomic E-state index is -0.788. The molecule has 6 nitrogen and oxygen atoms in total. The van der Waals surface area contributed by atoms with Crippen molar-refractivity contribution in [1.29, 1.82) is 0 Å². The number of esters is 3. The third-order valence-electron chi connectivity index (χ3n) is 12.1. The van der Waals surface area contributed by atoms with Crippen molar-refractivity contribution in [3.8, 4) is 0 Å². The maximum Gasteiger partial charge on any atom is 0.306 e. The Morgan fingerprint density at radius 1 is 0.299 bits per heavy atom. The van der Waals surface area contributed by atoms with Gasteiger partial charge in [0.1, 0.15) is 13.2 Å². The number of rotatable bonds is 51. The summed E-state index contributed by atoms with van der Waals surface area (Å²) < 4.78 is 16.8. The Labute approximate surface area is 414 Å². The molecule has 0 fully saturated rings. The number of unbranched alkanes of at least 4 members (excludes halogenated alkanes) is 28. The largest absolute Gasteiger partial charge is 0.462 e. The summed E-state index contributed by atoms with van der Waals surface area (Å²) in [7, 11) is 0. The smallest absolute Gasteiger partial charge is 0.306 e. The number of allylic oxidation sites excluding steroid dienone is 12. The summed E-state index contributed by atoms with van der Waals surface area (Å²) in [5.41, 5.74) is 0. The molecule has 1 unspecified atom stereocenters. The average molecular weight is 936 g/mol. The molecular weight excluding hydrogens is 829 g/mol. The van der Waals surface area contributed by atoms with Crippen LogP contribution >= 0.6 is 0 Å². The van der Waals surface area contributed by atoms with Gasteiger partial charge in [0, 0.05) is 19.3 Å². The fourth-order valence-electron chi connectivity index (χ4n) is 7.83. The van der Waals surface area contributed by atoms with E-state index < -0.39 is 6.10 Å². The van der Waals surface area contributed by atoms with E-state index in [2.05, 4.69) is 93.7 Å². The number of carbonyl (C=O) groups is 3. The van der Waals surface area contributed by atoms with Crippen LogP contribution in [0.5, 0.6) is 0 Å². The second-order valence-corrected chi connectivity index (χ2v) is 18.8. The van der Waals surface area contributed by atoms with E-state index in [9.17, 15) is 14.4 Å². The van der Waals surface area contributed by atoms with Crippen molar-refractivity contribution in [1.82, 2.24) is 0 Å². The lowest BCUT2D eigenvalue weighted by Crippen LogP contribution is -2.30. The Hall–Kier alpha value is -3.15. The van der Waals surface area contributed by atoms with Crippen molar-refractivity contribution in [2.45, 2.75) is 284 Å².